The molecule has 0 bridgehead atoms. The van der Waals surface area contributed by atoms with Crippen LogP contribution >= 0.6 is 11.8 Å². The van der Waals surface area contributed by atoms with Gasteiger partial charge in [0.15, 0.2) is 17.7 Å². The molecule has 2 rings (SSSR count). The Hall–Kier alpha value is -1.88. The molecule has 0 N–H and O–H groups in total. The molecule has 0 amide bonds. The molecule has 0 spiro atoms. The minimum absolute atomic E-state index is 0.0861. The maximum absolute atomic E-state index is 13.2. The topological polar surface area (TPSA) is 26.3 Å². The van der Waals surface area contributed by atoms with Crippen LogP contribution < -0.4 is 4.74 Å². The number of rotatable bonds is 5. The van der Waals surface area contributed by atoms with E-state index >= 15 is 0 Å². The van der Waals surface area contributed by atoms with Gasteiger partial charge >= 0.3 is 0 Å². The Kier molecular flexibility index (Phi) is 4.96. The minimum atomic E-state index is -1.04. The number of ketones is 1. The molecule has 2 nitrogen and oxygen atoms in total. The molecule has 0 heterocycles. The Morgan fingerprint density at radius 3 is 2.52 bits per heavy atom. The molecule has 5 heteroatoms. The third-order valence-electron chi connectivity index (χ3n) is 2.95. The summed E-state index contributed by atoms with van der Waals surface area (Å²) in [6.07, 6.45) is 1.12. The Morgan fingerprint density at radius 2 is 1.86 bits per heavy atom. The number of thioether (sulfide) groups is 1. The summed E-state index contributed by atoms with van der Waals surface area (Å²) in [6.45, 7) is 1.58. The van der Waals surface area contributed by atoms with E-state index in [2.05, 4.69) is 0 Å². The van der Waals surface area contributed by atoms with E-state index in [0.29, 0.717) is 5.75 Å². The predicted molar refractivity (Wildman–Crippen MR) is 79.0 cm³/mol. The quantitative estimate of drug-likeness (QED) is 0.607. The highest BCUT2D eigenvalue weighted by molar-refractivity contribution is 7.98. The lowest BCUT2D eigenvalue weighted by atomic mass is 10.1. The summed E-state index contributed by atoms with van der Waals surface area (Å²) in [5.74, 6) is -1.83. The maximum atomic E-state index is 13.2. The van der Waals surface area contributed by atoms with E-state index in [9.17, 15) is 13.6 Å². The van der Waals surface area contributed by atoms with Gasteiger partial charge in [-0.25, -0.2) is 8.78 Å². The number of para-hydroxylation sites is 1. The first-order valence-corrected chi connectivity index (χ1v) is 7.54. The molecule has 0 fully saturated rings. The predicted octanol–water partition coefficient (Wildman–Crippen LogP) is 4.34. The van der Waals surface area contributed by atoms with Gasteiger partial charge < -0.3 is 4.74 Å². The van der Waals surface area contributed by atoms with Crippen molar-refractivity contribution < 1.29 is 18.3 Å². The summed E-state index contributed by atoms with van der Waals surface area (Å²) < 4.78 is 31.7. The second-order valence-corrected chi connectivity index (χ2v) is 5.25. The van der Waals surface area contributed by atoms with Crippen molar-refractivity contribution in [1.82, 2.24) is 0 Å². The molecule has 2 aromatic rings. The highest BCUT2D eigenvalue weighted by Gasteiger charge is 2.19. The van der Waals surface area contributed by atoms with Crippen LogP contribution in [0.25, 0.3) is 0 Å². The van der Waals surface area contributed by atoms with E-state index in [1.54, 1.807) is 13.0 Å². The molecule has 0 saturated heterocycles. The zero-order chi connectivity index (χ0) is 15.4. The van der Waals surface area contributed by atoms with Crippen LogP contribution in [-0.2, 0) is 0 Å². The Balaban J connectivity index is 2.17. The smallest absolute Gasteiger partial charge is 0.203 e. The Morgan fingerprint density at radius 1 is 1.14 bits per heavy atom. The van der Waals surface area contributed by atoms with Crippen LogP contribution in [0.2, 0.25) is 0 Å². The molecule has 2 aromatic carbocycles. The lowest BCUT2D eigenvalue weighted by molar-refractivity contribution is 0.0813. The standard InChI is InChI=1S/C16H14F2O2S/c1-10(20-14-5-3-4-6-15(14)21-2)16(19)11-7-8-12(17)13(18)9-11/h3-10H,1-2H3. The van der Waals surface area contributed by atoms with Crippen LogP contribution in [0, 0.1) is 11.6 Å². The molecule has 0 aliphatic rings. The first-order chi connectivity index (χ1) is 10.0. The van der Waals surface area contributed by atoms with Gasteiger partial charge in [0.25, 0.3) is 0 Å². The number of hydrogen-bond acceptors (Lipinski definition) is 3. The van der Waals surface area contributed by atoms with Gasteiger partial charge in [-0.05, 0) is 43.5 Å². The number of Topliss-reactive ketones (excluding diaryl/α,β-unsaturated/α-hetero) is 1. The van der Waals surface area contributed by atoms with Crippen molar-refractivity contribution >= 4 is 17.5 Å². The third-order valence-corrected chi connectivity index (χ3v) is 3.72. The van der Waals surface area contributed by atoms with E-state index in [1.807, 2.05) is 24.5 Å². The van der Waals surface area contributed by atoms with E-state index < -0.39 is 23.5 Å². The molecule has 0 aliphatic heterocycles. The van der Waals surface area contributed by atoms with E-state index in [-0.39, 0.29) is 5.56 Å². The Labute approximate surface area is 126 Å². The summed E-state index contributed by atoms with van der Waals surface area (Å²) in [5.41, 5.74) is 0.0861. The molecule has 1 atom stereocenters. The number of ether oxygens (including phenoxy) is 1. The first kappa shape index (κ1) is 15.5. The zero-order valence-corrected chi connectivity index (χ0v) is 12.4. The fourth-order valence-corrected chi connectivity index (χ4v) is 2.38. The summed E-state index contributed by atoms with van der Waals surface area (Å²) >= 11 is 1.50. The first-order valence-electron chi connectivity index (χ1n) is 6.32. The monoisotopic (exact) mass is 308 g/mol. The van der Waals surface area contributed by atoms with Crippen LogP contribution in [0.5, 0.6) is 5.75 Å². The van der Waals surface area contributed by atoms with Gasteiger partial charge in [0.05, 0.1) is 0 Å². The van der Waals surface area contributed by atoms with Crippen LogP contribution in [0.1, 0.15) is 17.3 Å². The fourth-order valence-electron chi connectivity index (χ4n) is 1.84. The average Bonchev–Trinajstić information content (AvgIpc) is 2.49. The van der Waals surface area contributed by atoms with Crippen LogP contribution in [0.4, 0.5) is 8.78 Å². The number of halogens is 2. The van der Waals surface area contributed by atoms with Gasteiger partial charge in [0.1, 0.15) is 5.75 Å². The molecule has 0 saturated carbocycles. The van der Waals surface area contributed by atoms with Gasteiger partial charge in [-0.15, -0.1) is 11.8 Å². The Bertz CT molecular complexity index is 658. The van der Waals surface area contributed by atoms with E-state index in [1.165, 1.54) is 17.8 Å². The van der Waals surface area contributed by atoms with Crippen molar-refractivity contribution in [2.45, 2.75) is 17.9 Å². The second-order valence-electron chi connectivity index (χ2n) is 4.40. The van der Waals surface area contributed by atoms with Crippen molar-refractivity contribution in [3.63, 3.8) is 0 Å². The second kappa shape index (κ2) is 6.72. The third kappa shape index (κ3) is 3.61. The molecule has 0 aliphatic carbocycles. The molecule has 0 aromatic heterocycles. The van der Waals surface area contributed by atoms with Crippen molar-refractivity contribution in [3.8, 4) is 5.75 Å². The van der Waals surface area contributed by atoms with Crippen molar-refractivity contribution in [2.75, 3.05) is 6.26 Å². The number of carbonyl (C=O) groups excluding carboxylic acids is 1. The van der Waals surface area contributed by atoms with Gasteiger partial charge in [-0.3, -0.25) is 4.79 Å². The SMILES string of the molecule is CSc1ccccc1OC(C)C(=O)c1ccc(F)c(F)c1. The highest BCUT2D eigenvalue weighted by Crippen LogP contribution is 2.28. The highest BCUT2D eigenvalue weighted by atomic mass is 32.2. The molecular weight excluding hydrogens is 294 g/mol. The number of carbonyl (C=O) groups is 1. The van der Waals surface area contributed by atoms with Gasteiger partial charge in [0, 0.05) is 10.5 Å². The lowest BCUT2D eigenvalue weighted by Gasteiger charge is -2.16. The summed E-state index contributed by atoms with van der Waals surface area (Å²) in [4.78, 5) is 13.1. The summed E-state index contributed by atoms with van der Waals surface area (Å²) in [5, 5.41) is 0. The minimum Gasteiger partial charge on any atom is -0.481 e. The van der Waals surface area contributed by atoms with Gasteiger partial charge in [-0.2, -0.15) is 0 Å². The average molecular weight is 308 g/mol. The lowest BCUT2D eigenvalue weighted by Crippen LogP contribution is -2.24. The zero-order valence-electron chi connectivity index (χ0n) is 11.6. The maximum Gasteiger partial charge on any atom is 0.203 e. The van der Waals surface area contributed by atoms with Crippen LogP contribution in [0.15, 0.2) is 47.4 Å². The van der Waals surface area contributed by atoms with Gasteiger partial charge in [0.2, 0.25) is 5.78 Å². The molecule has 0 radical (unpaired) electrons. The molecule has 1 unspecified atom stereocenters. The van der Waals surface area contributed by atoms with Crippen molar-refractivity contribution in [3.05, 3.63) is 59.7 Å². The fraction of sp³-hybridized carbons (Fsp3) is 0.188. The molecule has 110 valence electrons. The van der Waals surface area contributed by atoms with Crippen LogP contribution in [-0.4, -0.2) is 18.1 Å². The number of benzene rings is 2. The van der Waals surface area contributed by atoms with Crippen molar-refractivity contribution in [2.24, 2.45) is 0 Å². The number of hydrogen-bond donors (Lipinski definition) is 0. The molecule has 21 heavy (non-hydrogen) atoms. The largest absolute Gasteiger partial charge is 0.481 e. The van der Waals surface area contributed by atoms with Crippen molar-refractivity contribution in [1.29, 1.82) is 0 Å². The summed E-state index contributed by atoms with van der Waals surface area (Å²) in [6, 6.07) is 10.4. The van der Waals surface area contributed by atoms with Gasteiger partial charge in [-0.1, -0.05) is 12.1 Å². The van der Waals surface area contributed by atoms with E-state index in [4.69, 9.17) is 4.74 Å². The molecular formula is C16H14F2O2S. The summed E-state index contributed by atoms with van der Waals surface area (Å²) in [7, 11) is 0. The van der Waals surface area contributed by atoms with Crippen LogP contribution in [0.3, 0.4) is 0 Å². The van der Waals surface area contributed by atoms with E-state index in [0.717, 1.165) is 17.0 Å². The normalized spacial score (nSPS) is 12.0.